The second kappa shape index (κ2) is 7.36. The highest BCUT2D eigenvalue weighted by atomic mass is 32.2. The molecule has 1 rings (SSSR count). The molecule has 1 nitrogen and oxygen atoms in total. The lowest BCUT2D eigenvalue weighted by atomic mass is 10.3. The molecular weight excluding hydrogens is 190 g/mol. The Labute approximate surface area is 92.7 Å². The van der Waals surface area contributed by atoms with Crippen LogP contribution in [0.5, 0.6) is 0 Å². The van der Waals surface area contributed by atoms with Gasteiger partial charge in [-0.1, -0.05) is 31.9 Å². The van der Waals surface area contributed by atoms with Gasteiger partial charge < -0.3 is 5.32 Å². The predicted molar refractivity (Wildman–Crippen MR) is 67.0 cm³/mol. The van der Waals surface area contributed by atoms with Gasteiger partial charge in [-0.3, -0.25) is 0 Å². The van der Waals surface area contributed by atoms with E-state index in [1.807, 2.05) is 0 Å². The average molecular weight is 213 g/mol. The summed E-state index contributed by atoms with van der Waals surface area (Å²) in [4.78, 5) is 0. The molecule has 14 heavy (non-hydrogen) atoms. The van der Waals surface area contributed by atoms with Crippen molar-refractivity contribution >= 4 is 11.8 Å². The summed E-state index contributed by atoms with van der Waals surface area (Å²) < 4.78 is 0. The summed E-state index contributed by atoms with van der Waals surface area (Å²) in [5.74, 6) is 1.15. The van der Waals surface area contributed by atoms with Crippen molar-refractivity contribution in [3.63, 3.8) is 0 Å². The van der Waals surface area contributed by atoms with E-state index in [1.165, 1.54) is 37.7 Å². The van der Waals surface area contributed by atoms with Gasteiger partial charge in [0.05, 0.1) is 0 Å². The van der Waals surface area contributed by atoms with Gasteiger partial charge in [0.25, 0.3) is 0 Å². The molecule has 2 heteroatoms. The van der Waals surface area contributed by atoms with E-state index < -0.39 is 0 Å². The van der Waals surface area contributed by atoms with Crippen LogP contribution in [0.25, 0.3) is 0 Å². The Morgan fingerprint density at radius 3 is 2.79 bits per heavy atom. The molecule has 1 aliphatic carbocycles. The molecule has 0 saturated heterocycles. The molecule has 0 bridgehead atoms. The molecule has 1 N–H and O–H groups in total. The lowest BCUT2D eigenvalue weighted by Gasteiger charge is -2.10. The minimum Gasteiger partial charge on any atom is -0.313 e. The van der Waals surface area contributed by atoms with Crippen LogP contribution in [0.3, 0.4) is 0 Å². The van der Waals surface area contributed by atoms with Gasteiger partial charge in [-0.05, 0) is 25.8 Å². The summed E-state index contributed by atoms with van der Waals surface area (Å²) in [7, 11) is 0. The van der Waals surface area contributed by atoms with Crippen molar-refractivity contribution in [3.05, 3.63) is 12.2 Å². The maximum absolute atomic E-state index is 4.10. The van der Waals surface area contributed by atoms with Gasteiger partial charge >= 0.3 is 0 Å². The third-order valence-electron chi connectivity index (χ3n) is 2.63. The van der Waals surface area contributed by atoms with Gasteiger partial charge in [-0.15, -0.1) is 0 Å². The molecule has 0 unspecified atom stereocenters. The van der Waals surface area contributed by atoms with Crippen molar-refractivity contribution in [2.75, 3.05) is 18.8 Å². The van der Waals surface area contributed by atoms with Gasteiger partial charge in [0, 0.05) is 17.5 Å². The summed E-state index contributed by atoms with van der Waals surface area (Å²) in [5.41, 5.74) is 1.36. The van der Waals surface area contributed by atoms with E-state index in [4.69, 9.17) is 0 Å². The van der Waals surface area contributed by atoms with Crippen LogP contribution in [0.2, 0.25) is 0 Å². The highest BCUT2D eigenvalue weighted by Gasteiger charge is 2.14. The summed E-state index contributed by atoms with van der Waals surface area (Å²) in [5, 5.41) is 4.33. The van der Waals surface area contributed by atoms with Crippen LogP contribution in [0, 0.1) is 0 Å². The van der Waals surface area contributed by atoms with E-state index in [0.29, 0.717) is 0 Å². The Morgan fingerprint density at radius 1 is 1.43 bits per heavy atom. The summed E-state index contributed by atoms with van der Waals surface area (Å²) in [6, 6.07) is 0. The van der Waals surface area contributed by atoms with E-state index >= 15 is 0 Å². The van der Waals surface area contributed by atoms with E-state index in [1.54, 1.807) is 0 Å². The fourth-order valence-electron chi connectivity index (χ4n) is 1.78. The summed E-state index contributed by atoms with van der Waals surface area (Å²) in [6.45, 7) is 8.43. The standard InChI is InChI=1S/C12H23NS/c1-3-8-13-9-11(2)10-14-12-6-4-5-7-12/h12-13H,2-10H2,1H3. The maximum Gasteiger partial charge on any atom is 0.0170 e. The Hall–Kier alpha value is 0.0500. The fourth-order valence-corrected chi connectivity index (χ4v) is 3.02. The summed E-state index contributed by atoms with van der Waals surface area (Å²) in [6.07, 6.45) is 6.96. The normalized spacial score (nSPS) is 17.5. The highest BCUT2D eigenvalue weighted by molar-refractivity contribution is 8.00. The van der Waals surface area contributed by atoms with Crippen molar-refractivity contribution in [1.29, 1.82) is 0 Å². The second-order valence-electron chi connectivity index (χ2n) is 4.14. The smallest absolute Gasteiger partial charge is 0.0170 e. The monoisotopic (exact) mass is 213 g/mol. The molecule has 1 fully saturated rings. The van der Waals surface area contributed by atoms with Gasteiger partial charge in [-0.25, -0.2) is 0 Å². The van der Waals surface area contributed by atoms with Gasteiger partial charge in [0.1, 0.15) is 0 Å². The highest BCUT2D eigenvalue weighted by Crippen LogP contribution is 2.30. The molecular formula is C12H23NS. The molecule has 0 aromatic carbocycles. The average Bonchev–Trinajstić information content (AvgIpc) is 2.68. The molecule has 0 aromatic rings. The summed E-state index contributed by atoms with van der Waals surface area (Å²) >= 11 is 2.11. The first-order valence-corrected chi connectivity index (χ1v) is 6.86. The van der Waals surface area contributed by atoms with Crippen LogP contribution in [0.1, 0.15) is 39.0 Å². The number of hydrogen-bond donors (Lipinski definition) is 1. The lowest BCUT2D eigenvalue weighted by Crippen LogP contribution is -2.18. The quantitative estimate of drug-likeness (QED) is 0.515. The minimum absolute atomic E-state index is 0.929. The Kier molecular flexibility index (Phi) is 6.37. The molecule has 0 aromatic heterocycles. The van der Waals surface area contributed by atoms with E-state index in [-0.39, 0.29) is 0 Å². The van der Waals surface area contributed by atoms with Crippen LogP contribution in [-0.4, -0.2) is 24.1 Å². The number of nitrogens with one attached hydrogen (secondary N) is 1. The number of hydrogen-bond acceptors (Lipinski definition) is 2. The Morgan fingerprint density at radius 2 is 2.14 bits per heavy atom. The number of thioether (sulfide) groups is 1. The van der Waals surface area contributed by atoms with Gasteiger partial charge in [0.2, 0.25) is 0 Å². The Bertz CT molecular complexity index is 162. The molecule has 1 saturated carbocycles. The van der Waals surface area contributed by atoms with Crippen LogP contribution < -0.4 is 5.32 Å². The molecule has 82 valence electrons. The first-order chi connectivity index (χ1) is 6.83. The number of rotatable bonds is 7. The van der Waals surface area contributed by atoms with Crippen LogP contribution in [0.4, 0.5) is 0 Å². The van der Waals surface area contributed by atoms with Crippen molar-refractivity contribution in [2.24, 2.45) is 0 Å². The maximum atomic E-state index is 4.10. The third-order valence-corrected chi connectivity index (χ3v) is 4.14. The first kappa shape index (κ1) is 12.1. The van der Waals surface area contributed by atoms with Crippen LogP contribution in [-0.2, 0) is 0 Å². The van der Waals surface area contributed by atoms with Gasteiger partial charge in [-0.2, -0.15) is 11.8 Å². The molecule has 0 atom stereocenters. The van der Waals surface area contributed by atoms with Crippen molar-refractivity contribution in [1.82, 2.24) is 5.32 Å². The van der Waals surface area contributed by atoms with Crippen molar-refractivity contribution in [2.45, 2.75) is 44.3 Å². The predicted octanol–water partition coefficient (Wildman–Crippen LogP) is 3.22. The SMILES string of the molecule is C=C(CNCCC)CSC1CCCC1. The topological polar surface area (TPSA) is 12.0 Å². The second-order valence-corrected chi connectivity index (χ2v) is 5.43. The van der Waals surface area contributed by atoms with Crippen molar-refractivity contribution in [3.8, 4) is 0 Å². The zero-order valence-corrected chi connectivity index (χ0v) is 10.2. The molecule has 0 amide bonds. The largest absolute Gasteiger partial charge is 0.313 e. The Balaban J connectivity index is 1.96. The van der Waals surface area contributed by atoms with E-state index in [2.05, 4.69) is 30.6 Å². The molecule has 0 spiro atoms. The van der Waals surface area contributed by atoms with Crippen molar-refractivity contribution < 1.29 is 0 Å². The molecule has 0 heterocycles. The van der Waals surface area contributed by atoms with E-state index in [0.717, 1.165) is 24.1 Å². The molecule has 1 aliphatic rings. The minimum atomic E-state index is 0.929. The van der Waals surface area contributed by atoms with E-state index in [9.17, 15) is 0 Å². The molecule has 0 radical (unpaired) electrons. The van der Waals surface area contributed by atoms with Crippen LogP contribution in [0.15, 0.2) is 12.2 Å². The lowest BCUT2D eigenvalue weighted by molar-refractivity contribution is 0.715. The first-order valence-electron chi connectivity index (χ1n) is 5.82. The molecule has 0 aliphatic heterocycles. The zero-order chi connectivity index (χ0) is 10.2. The van der Waals surface area contributed by atoms with Gasteiger partial charge in [0.15, 0.2) is 0 Å². The fraction of sp³-hybridized carbons (Fsp3) is 0.833. The zero-order valence-electron chi connectivity index (χ0n) is 9.35. The van der Waals surface area contributed by atoms with Crippen LogP contribution >= 0.6 is 11.8 Å². The third kappa shape index (κ3) is 5.06.